The number of hydrogen-bond acceptors (Lipinski definition) is 8. The minimum Gasteiger partial charge on any atom is -0.475 e. The fourth-order valence-electron chi connectivity index (χ4n) is 4.23. The molecule has 5 amide bonds. The van der Waals surface area contributed by atoms with Gasteiger partial charge in [0.15, 0.2) is 5.65 Å². The molecule has 1 aliphatic heterocycles. The van der Waals surface area contributed by atoms with Crippen molar-refractivity contribution in [3.05, 3.63) is 23.5 Å². The fourth-order valence-corrected chi connectivity index (χ4v) is 4.23. The molecule has 3 heterocycles. The molecule has 0 atom stereocenters. The summed E-state index contributed by atoms with van der Waals surface area (Å²) in [6.45, 7) is 0. The zero-order chi connectivity index (χ0) is 29.9. The van der Waals surface area contributed by atoms with Gasteiger partial charge >= 0.3 is 24.2 Å². The second-order valence-corrected chi connectivity index (χ2v) is 10.1. The van der Waals surface area contributed by atoms with E-state index in [2.05, 4.69) is 31.7 Å². The molecule has 1 saturated heterocycles. The summed E-state index contributed by atoms with van der Waals surface area (Å²) in [6, 6.07) is 2.18. The molecule has 0 bridgehead atoms. The number of carbonyl (C=O) groups is 4. The Hall–Kier alpha value is -4.57. The Balaban J connectivity index is 0.000000493. The van der Waals surface area contributed by atoms with E-state index in [0.29, 0.717) is 17.3 Å². The molecule has 2 aromatic heterocycles. The van der Waals surface area contributed by atoms with E-state index in [0.717, 1.165) is 50.2 Å². The third-order valence-electron chi connectivity index (χ3n) is 6.50. The Kier molecular flexibility index (Phi) is 8.53. The number of hydrogen-bond donors (Lipinski definition) is 6. The molecular formula is C24H30F3N9O5. The van der Waals surface area contributed by atoms with Crippen LogP contribution < -0.4 is 26.6 Å². The first-order valence-corrected chi connectivity index (χ1v) is 12.8. The predicted molar refractivity (Wildman–Crippen MR) is 140 cm³/mol. The summed E-state index contributed by atoms with van der Waals surface area (Å²) in [4.78, 5) is 50.6. The van der Waals surface area contributed by atoms with Crippen molar-refractivity contribution < 1.29 is 37.5 Å². The monoisotopic (exact) mass is 581 g/mol. The third-order valence-corrected chi connectivity index (χ3v) is 6.50. The lowest BCUT2D eigenvalue weighted by Gasteiger charge is -2.30. The molecule has 222 valence electrons. The molecule has 0 spiro atoms. The summed E-state index contributed by atoms with van der Waals surface area (Å²) in [5.74, 6) is -1.69. The summed E-state index contributed by atoms with van der Waals surface area (Å²) < 4.78 is 33.5. The Labute approximate surface area is 231 Å². The standard InChI is InChI=1S/C22H29N9O3.C2HF3O2/c1-30(2)22(34)26-15-7-3-13(4-8-15)24-17-10-18(25-14-5-6-14)31-19(28-17)12(11-23-31)9-16-20(32)29-21(33)27-16;3-2(4,5)1(6)7/h9-11,13-15,25H,3-8H2,1-2H3,(H,24,28)(H,26,34)(H2,27,29,32,33);(H,6,7)/b16-9-;. The van der Waals surface area contributed by atoms with Gasteiger partial charge in [0.1, 0.15) is 17.3 Å². The number of imide groups is 1. The van der Waals surface area contributed by atoms with Crippen LogP contribution in [-0.2, 0) is 9.59 Å². The highest BCUT2D eigenvalue weighted by atomic mass is 19.4. The van der Waals surface area contributed by atoms with Gasteiger partial charge < -0.3 is 31.3 Å². The van der Waals surface area contributed by atoms with Crippen LogP contribution in [0.1, 0.15) is 44.1 Å². The Morgan fingerprint density at radius 1 is 1.05 bits per heavy atom. The Morgan fingerprint density at radius 3 is 2.17 bits per heavy atom. The Bertz CT molecular complexity index is 1360. The van der Waals surface area contributed by atoms with Gasteiger partial charge in [0.25, 0.3) is 5.91 Å². The van der Waals surface area contributed by atoms with E-state index in [9.17, 15) is 27.6 Å². The molecule has 0 unspecified atom stereocenters. The highest BCUT2D eigenvalue weighted by molar-refractivity contribution is 6.14. The quantitative estimate of drug-likeness (QED) is 0.220. The van der Waals surface area contributed by atoms with Crippen molar-refractivity contribution in [1.29, 1.82) is 0 Å². The zero-order valence-corrected chi connectivity index (χ0v) is 22.2. The largest absolute Gasteiger partial charge is 0.490 e. The first-order chi connectivity index (χ1) is 19.3. The van der Waals surface area contributed by atoms with Crippen LogP contribution in [0.25, 0.3) is 11.7 Å². The van der Waals surface area contributed by atoms with Crippen LogP contribution in [0, 0.1) is 0 Å². The molecule has 2 saturated carbocycles. The topological polar surface area (TPSA) is 182 Å². The summed E-state index contributed by atoms with van der Waals surface area (Å²) in [5.41, 5.74) is 1.38. The lowest BCUT2D eigenvalue weighted by atomic mass is 9.91. The predicted octanol–water partition coefficient (Wildman–Crippen LogP) is 2.11. The number of nitrogens with one attached hydrogen (secondary N) is 5. The van der Waals surface area contributed by atoms with Crippen molar-refractivity contribution in [2.75, 3.05) is 24.7 Å². The summed E-state index contributed by atoms with van der Waals surface area (Å²) in [7, 11) is 3.48. The van der Waals surface area contributed by atoms with Gasteiger partial charge in [-0.15, -0.1) is 0 Å². The van der Waals surface area contributed by atoms with Crippen LogP contribution in [0.3, 0.4) is 0 Å². The summed E-state index contributed by atoms with van der Waals surface area (Å²) in [5, 5.41) is 26.4. The second-order valence-electron chi connectivity index (χ2n) is 10.1. The number of urea groups is 2. The minimum absolute atomic E-state index is 0.0613. The van der Waals surface area contributed by atoms with E-state index >= 15 is 0 Å². The van der Waals surface area contributed by atoms with Gasteiger partial charge in [-0.3, -0.25) is 10.1 Å². The first-order valence-electron chi connectivity index (χ1n) is 12.8. The maximum absolute atomic E-state index is 12.0. The van der Waals surface area contributed by atoms with Crippen LogP contribution in [-0.4, -0.2) is 86.9 Å². The molecule has 2 aromatic rings. The lowest BCUT2D eigenvalue weighted by Crippen LogP contribution is -2.44. The molecule has 0 radical (unpaired) electrons. The van der Waals surface area contributed by atoms with E-state index in [4.69, 9.17) is 14.9 Å². The van der Waals surface area contributed by atoms with Crippen LogP contribution in [0.5, 0.6) is 0 Å². The number of rotatable bonds is 6. The maximum atomic E-state index is 12.0. The highest BCUT2D eigenvalue weighted by Crippen LogP contribution is 2.29. The average molecular weight is 582 g/mol. The van der Waals surface area contributed by atoms with Gasteiger partial charge in [0.2, 0.25) is 0 Å². The molecule has 14 nitrogen and oxygen atoms in total. The van der Waals surface area contributed by atoms with Crippen molar-refractivity contribution in [2.45, 2.75) is 62.8 Å². The van der Waals surface area contributed by atoms with Crippen molar-refractivity contribution >= 4 is 47.3 Å². The fraction of sp³-hybridized carbons (Fsp3) is 0.500. The normalized spacial score (nSPS) is 21.4. The number of anilines is 2. The van der Waals surface area contributed by atoms with Gasteiger partial charge in [-0.25, -0.2) is 19.4 Å². The second kappa shape index (κ2) is 11.9. The number of alkyl halides is 3. The van der Waals surface area contributed by atoms with E-state index in [1.54, 1.807) is 35.8 Å². The smallest absolute Gasteiger partial charge is 0.475 e. The van der Waals surface area contributed by atoms with Gasteiger partial charge in [-0.05, 0) is 44.6 Å². The molecule has 3 aliphatic rings. The number of nitrogens with zero attached hydrogens (tertiary/aromatic N) is 4. The van der Waals surface area contributed by atoms with Crippen LogP contribution in [0.4, 0.5) is 34.4 Å². The summed E-state index contributed by atoms with van der Waals surface area (Å²) >= 11 is 0. The number of carboxylic acid groups (broad SMARTS) is 1. The van der Waals surface area contributed by atoms with E-state index in [-0.39, 0.29) is 23.8 Å². The van der Waals surface area contributed by atoms with Gasteiger partial charge in [-0.1, -0.05) is 0 Å². The minimum atomic E-state index is -5.08. The molecule has 41 heavy (non-hydrogen) atoms. The number of carboxylic acids is 1. The van der Waals surface area contributed by atoms with Crippen LogP contribution >= 0.6 is 0 Å². The molecule has 2 aliphatic carbocycles. The maximum Gasteiger partial charge on any atom is 0.490 e. The van der Waals surface area contributed by atoms with Gasteiger partial charge in [0.05, 0.1) is 6.20 Å². The van der Waals surface area contributed by atoms with E-state index in [1.165, 1.54) is 0 Å². The third kappa shape index (κ3) is 7.76. The number of carbonyl (C=O) groups excluding carboxylic acids is 3. The zero-order valence-electron chi connectivity index (χ0n) is 22.2. The van der Waals surface area contributed by atoms with Crippen molar-refractivity contribution in [2.24, 2.45) is 0 Å². The van der Waals surface area contributed by atoms with Gasteiger partial charge in [-0.2, -0.15) is 22.8 Å². The average Bonchev–Trinajstić information content (AvgIpc) is 3.53. The summed E-state index contributed by atoms with van der Waals surface area (Å²) in [6.07, 6.45) is 3.97. The number of halogens is 3. The molecule has 0 aromatic carbocycles. The van der Waals surface area contributed by atoms with E-state index in [1.807, 2.05) is 6.07 Å². The van der Waals surface area contributed by atoms with Gasteiger partial charge in [0, 0.05) is 43.9 Å². The van der Waals surface area contributed by atoms with Crippen molar-refractivity contribution in [1.82, 2.24) is 35.4 Å². The molecule has 5 rings (SSSR count). The molecule has 6 N–H and O–H groups in total. The first kappa shape index (κ1) is 29.4. The molecular weight excluding hydrogens is 551 g/mol. The van der Waals surface area contributed by atoms with Crippen molar-refractivity contribution in [3.63, 3.8) is 0 Å². The number of fused-ring (bicyclic) bond motifs is 1. The van der Waals surface area contributed by atoms with E-state index < -0.39 is 24.1 Å². The van der Waals surface area contributed by atoms with Crippen LogP contribution in [0.2, 0.25) is 0 Å². The highest BCUT2D eigenvalue weighted by Gasteiger charge is 2.38. The Morgan fingerprint density at radius 2 is 1.63 bits per heavy atom. The number of amides is 5. The molecule has 3 fully saturated rings. The van der Waals surface area contributed by atoms with Crippen molar-refractivity contribution in [3.8, 4) is 0 Å². The lowest BCUT2D eigenvalue weighted by molar-refractivity contribution is -0.192. The molecule has 17 heteroatoms. The SMILES string of the molecule is CN(C)C(=O)NC1CCC(Nc2cc(NC3CC3)n3ncc(/C=C4\NC(=O)NC4=O)c3n2)CC1.O=C(O)C(F)(F)F. The number of aliphatic carboxylic acids is 1. The van der Waals surface area contributed by atoms with Crippen LogP contribution in [0.15, 0.2) is 18.0 Å². The number of aromatic nitrogens is 3.